The molecule has 0 aromatic carbocycles. The second-order valence-electron chi connectivity index (χ2n) is 7.89. The van der Waals surface area contributed by atoms with Crippen LogP contribution in [0.3, 0.4) is 0 Å². The largest absolute Gasteiger partial charge is 0.381 e. The second-order valence-corrected chi connectivity index (χ2v) is 11.5. The van der Waals surface area contributed by atoms with Gasteiger partial charge in [-0.25, -0.2) is 9.19 Å². The van der Waals surface area contributed by atoms with E-state index in [1.54, 1.807) is 6.20 Å². The molecule has 1 aliphatic carbocycles. The first-order valence-electron chi connectivity index (χ1n) is 10.0. The summed E-state index contributed by atoms with van der Waals surface area (Å²) in [4.78, 5) is 36.1. The zero-order valence-electron chi connectivity index (χ0n) is 16.3. The monoisotopic (exact) mass is 446 g/mol. The van der Waals surface area contributed by atoms with Crippen molar-refractivity contribution in [2.45, 2.75) is 6.42 Å². The number of nitrogens with zero attached hydrogens (tertiary/aromatic N) is 4. The molecule has 2 aromatic rings. The fourth-order valence-electron chi connectivity index (χ4n) is 4.25. The van der Waals surface area contributed by atoms with Gasteiger partial charge in [-0.3, -0.25) is 14.6 Å². The summed E-state index contributed by atoms with van der Waals surface area (Å²) < 4.78 is 22.7. The van der Waals surface area contributed by atoms with Crippen molar-refractivity contribution in [1.29, 1.82) is 0 Å². The topological polar surface area (TPSA) is 102 Å². The van der Waals surface area contributed by atoms with Crippen molar-refractivity contribution in [2.75, 3.05) is 37.8 Å². The fourth-order valence-corrected chi connectivity index (χ4v) is 6.96. The molecule has 30 heavy (non-hydrogen) atoms. The quantitative estimate of drug-likeness (QED) is 0.714. The summed E-state index contributed by atoms with van der Waals surface area (Å²) in [5.41, 5.74) is 0.685. The average molecular weight is 447 g/mol. The number of thiazole rings is 1. The van der Waals surface area contributed by atoms with Crippen LogP contribution in [-0.4, -0.2) is 68.7 Å². The third-order valence-electron chi connectivity index (χ3n) is 5.97. The Morgan fingerprint density at radius 3 is 2.77 bits per heavy atom. The predicted octanol–water partition coefficient (Wildman–Crippen LogP) is 1.94. The SMILES string of the molecule is O=C(N=S1(=O)CCCN(C(=O)C2[C@H]3COC[C@@H]23)CC1)c1cnc(-c2ccccn2)s1. The van der Waals surface area contributed by atoms with Gasteiger partial charge in [0.1, 0.15) is 9.88 Å². The highest BCUT2D eigenvalue weighted by Gasteiger charge is 2.58. The van der Waals surface area contributed by atoms with Gasteiger partial charge in [-0.05, 0) is 30.4 Å². The van der Waals surface area contributed by atoms with E-state index in [4.69, 9.17) is 4.74 Å². The lowest BCUT2D eigenvalue weighted by Gasteiger charge is -2.20. The number of hydrogen-bond donors (Lipinski definition) is 0. The van der Waals surface area contributed by atoms with Crippen LogP contribution in [0.4, 0.5) is 0 Å². The summed E-state index contributed by atoms with van der Waals surface area (Å²) >= 11 is 1.19. The van der Waals surface area contributed by atoms with Gasteiger partial charge in [-0.15, -0.1) is 11.3 Å². The minimum Gasteiger partial charge on any atom is -0.381 e. The van der Waals surface area contributed by atoms with E-state index in [1.165, 1.54) is 17.5 Å². The minimum atomic E-state index is -2.70. The zero-order chi connectivity index (χ0) is 20.7. The molecule has 4 atom stereocenters. The van der Waals surface area contributed by atoms with Crippen LogP contribution in [0, 0.1) is 17.8 Å². The van der Waals surface area contributed by atoms with Crippen LogP contribution >= 0.6 is 11.3 Å². The Bertz CT molecular complexity index is 1080. The fraction of sp³-hybridized carbons (Fsp3) is 0.500. The molecule has 0 spiro atoms. The molecule has 2 unspecified atom stereocenters. The number of hydrogen-bond acceptors (Lipinski definition) is 7. The van der Waals surface area contributed by atoms with Crippen LogP contribution < -0.4 is 0 Å². The van der Waals surface area contributed by atoms with Crippen LogP contribution in [0.2, 0.25) is 0 Å². The number of fused-ring (bicyclic) bond motifs is 1. The van der Waals surface area contributed by atoms with Gasteiger partial charge < -0.3 is 9.64 Å². The Morgan fingerprint density at radius 1 is 1.17 bits per heavy atom. The number of carbonyl (C=O) groups excluding carboxylic acids is 2. The third-order valence-corrected chi connectivity index (χ3v) is 9.22. The van der Waals surface area contributed by atoms with Gasteiger partial charge in [0.05, 0.1) is 34.8 Å². The lowest BCUT2D eigenvalue weighted by atomic mass is 10.2. The van der Waals surface area contributed by atoms with Crippen molar-refractivity contribution >= 4 is 32.9 Å². The van der Waals surface area contributed by atoms with E-state index in [9.17, 15) is 13.8 Å². The molecule has 5 rings (SSSR count). The summed E-state index contributed by atoms with van der Waals surface area (Å²) in [7, 11) is -2.70. The van der Waals surface area contributed by atoms with Gasteiger partial charge in [0.15, 0.2) is 0 Å². The van der Waals surface area contributed by atoms with E-state index in [0.29, 0.717) is 65.9 Å². The van der Waals surface area contributed by atoms with Gasteiger partial charge in [0.25, 0.3) is 5.91 Å². The Hall–Kier alpha value is -2.17. The smallest absolute Gasteiger partial charge is 0.296 e. The van der Waals surface area contributed by atoms with Crippen molar-refractivity contribution < 1.29 is 18.5 Å². The number of ether oxygens (including phenoxy) is 1. The van der Waals surface area contributed by atoms with Gasteiger partial charge in [0.2, 0.25) is 5.91 Å². The second kappa shape index (κ2) is 7.82. The molecule has 2 aromatic heterocycles. The molecule has 0 bridgehead atoms. The lowest BCUT2D eigenvalue weighted by molar-refractivity contribution is -0.133. The first-order valence-corrected chi connectivity index (χ1v) is 12.7. The molecular weight excluding hydrogens is 424 g/mol. The Labute approximate surface area is 178 Å². The highest BCUT2D eigenvalue weighted by atomic mass is 32.2. The van der Waals surface area contributed by atoms with Crippen LogP contribution in [0.15, 0.2) is 35.0 Å². The molecule has 3 fully saturated rings. The van der Waals surface area contributed by atoms with Crippen molar-refractivity contribution in [2.24, 2.45) is 22.1 Å². The van der Waals surface area contributed by atoms with Gasteiger partial charge in [0, 0.05) is 36.7 Å². The Kier molecular flexibility index (Phi) is 5.16. The summed E-state index contributed by atoms with van der Waals surface area (Å²) in [5, 5.41) is 0.626. The number of rotatable bonds is 3. The number of pyridine rings is 1. The molecule has 4 heterocycles. The third kappa shape index (κ3) is 3.79. The molecule has 0 N–H and O–H groups in total. The first kappa shape index (κ1) is 19.8. The highest BCUT2D eigenvalue weighted by Crippen LogP contribution is 2.51. The number of aromatic nitrogens is 2. The molecular formula is C20H22N4O4S2. The van der Waals surface area contributed by atoms with E-state index >= 15 is 0 Å². The van der Waals surface area contributed by atoms with Crippen LogP contribution in [-0.2, 0) is 19.3 Å². The summed E-state index contributed by atoms with van der Waals surface area (Å²) in [6.45, 7) is 2.30. The van der Waals surface area contributed by atoms with Crippen molar-refractivity contribution in [1.82, 2.24) is 14.9 Å². The number of amides is 2. The van der Waals surface area contributed by atoms with Crippen LogP contribution in [0.1, 0.15) is 16.1 Å². The van der Waals surface area contributed by atoms with Crippen molar-refractivity contribution in [3.05, 3.63) is 35.5 Å². The summed E-state index contributed by atoms with van der Waals surface area (Å²) in [6, 6.07) is 5.49. The van der Waals surface area contributed by atoms with E-state index in [-0.39, 0.29) is 17.6 Å². The standard InChI is InChI=1S/C20H22N4O4S2/c25-18(16-10-22-19(29-16)15-4-1-2-5-21-15)23-30(27)8-3-6-24(7-9-30)20(26)17-13-11-28-12-14(13)17/h1-2,4-5,10,13-14,17H,3,6-9,11-12H2/t13-,14+,17?,30?. The predicted molar refractivity (Wildman–Crippen MR) is 112 cm³/mol. The van der Waals surface area contributed by atoms with Crippen LogP contribution in [0.25, 0.3) is 10.7 Å². The molecule has 1 saturated carbocycles. The maximum Gasteiger partial charge on any atom is 0.296 e. The zero-order valence-corrected chi connectivity index (χ0v) is 17.9. The van der Waals surface area contributed by atoms with Gasteiger partial charge in [-0.2, -0.15) is 4.36 Å². The number of carbonyl (C=O) groups is 2. The van der Waals surface area contributed by atoms with Gasteiger partial charge in [-0.1, -0.05) is 6.07 Å². The van der Waals surface area contributed by atoms with Gasteiger partial charge >= 0.3 is 0 Å². The lowest BCUT2D eigenvalue weighted by Crippen LogP contribution is -2.36. The average Bonchev–Trinajstić information content (AvgIpc) is 3.08. The normalized spacial score (nSPS) is 30.4. The Balaban J connectivity index is 1.27. The molecule has 2 saturated heterocycles. The minimum absolute atomic E-state index is 0.0636. The first-order chi connectivity index (χ1) is 14.5. The van der Waals surface area contributed by atoms with E-state index in [0.717, 1.165) is 0 Å². The van der Waals surface area contributed by atoms with E-state index in [1.807, 2.05) is 23.1 Å². The molecule has 8 nitrogen and oxygen atoms in total. The van der Waals surface area contributed by atoms with Crippen molar-refractivity contribution in [3.8, 4) is 10.7 Å². The van der Waals surface area contributed by atoms with Crippen molar-refractivity contribution in [3.63, 3.8) is 0 Å². The Morgan fingerprint density at radius 2 is 2.00 bits per heavy atom. The van der Waals surface area contributed by atoms with E-state index in [2.05, 4.69) is 14.3 Å². The summed E-state index contributed by atoms with van der Waals surface area (Å²) in [6.07, 6.45) is 3.71. The molecule has 10 heteroatoms. The maximum atomic E-state index is 13.3. The molecule has 2 aliphatic heterocycles. The van der Waals surface area contributed by atoms with Crippen LogP contribution in [0.5, 0.6) is 0 Å². The molecule has 158 valence electrons. The summed E-state index contributed by atoms with van der Waals surface area (Å²) in [5.74, 6) is 0.976. The molecule has 2 amide bonds. The highest BCUT2D eigenvalue weighted by molar-refractivity contribution is 7.93. The van der Waals surface area contributed by atoms with E-state index < -0.39 is 15.6 Å². The molecule has 0 radical (unpaired) electrons. The maximum absolute atomic E-state index is 13.3. The molecule has 3 aliphatic rings.